The molecule has 0 aliphatic carbocycles. The predicted octanol–water partition coefficient (Wildman–Crippen LogP) is 1.76. The summed E-state index contributed by atoms with van der Waals surface area (Å²) in [7, 11) is 0. The number of hydrogen-bond donors (Lipinski definition) is 2. The van der Waals surface area contributed by atoms with Crippen LogP contribution in [0, 0.1) is 0 Å². The molecule has 0 spiro atoms. The van der Waals surface area contributed by atoms with Crippen LogP contribution in [0.15, 0.2) is 48.7 Å². The zero-order valence-electron chi connectivity index (χ0n) is 12.7. The number of nitrogens with one attached hydrogen (secondary N) is 2. The Morgan fingerprint density at radius 2 is 1.96 bits per heavy atom. The Morgan fingerprint density at radius 3 is 2.78 bits per heavy atom. The average Bonchev–Trinajstić information content (AvgIpc) is 2.61. The van der Waals surface area contributed by atoms with E-state index in [0.29, 0.717) is 31.9 Å². The molecule has 1 aromatic carbocycles. The molecular formula is C17H19N3O3. The van der Waals surface area contributed by atoms with Gasteiger partial charge in [0.2, 0.25) is 0 Å². The average molecular weight is 313 g/mol. The van der Waals surface area contributed by atoms with Crippen molar-refractivity contribution in [2.24, 2.45) is 0 Å². The van der Waals surface area contributed by atoms with Crippen LogP contribution in [-0.4, -0.2) is 36.8 Å². The Hall–Kier alpha value is -2.76. The number of aromatic nitrogens is 1. The minimum atomic E-state index is -0.219. The first-order valence-electron chi connectivity index (χ1n) is 7.61. The third kappa shape index (κ3) is 4.35. The van der Waals surface area contributed by atoms with Crippen LogP contribution >= 0.6 is 0 Å². The number of urea groups is 1. The maximum Gasteiger partial charge on any atom is 0.314 e. The van der Waals surface area contributed by atoms with Crippen molar-refractivity contribution in [1.82, 2.24) is 15.6 Å². The molecule has 3 rings (SSSR count). The SMILES string of the molecule is O=C(NCCc1ccccn1)NC[C@H]1COc2ccccc2O1. The predicted molar refractivity (Wildman–Crippen MR) is 85.7 cm³/mol. The Morgan fingerprint density at radius 1 is 1.13 bits per heavy atom. The first-order chi connectivity index (χ1) is 11.3. The van der Waals surface area contributed by atoms with Gasteiger partial charge >= 0.3 is 6.03 Å². The van der Waals surface area contributed by atoms with Gasteiger partial charge < -0.3 is 20.1 Å². The molecule has 1 aliphatic rings. The van der Waals surface area contributed by atoms with Gasteiger partial charge in [0, 0.05) is 24.9 Å². The van der Waals surface area contributed by atoms with Gasteiger partial charge in [-0.3, -0.25) is 4.98 Å². The van der Waals surface area contributed by atoms with E-state index in [9.17, 15) is 4.79 Å². The lowest BCUT2D eigenvalue weighted by Gasteiger charge is -2.26. The van der Waals surface area contributed by atoms with Gasteiger partial charge in [-0.25, -0.2) is 4.79 Å². The molecule has 2 N–H and O–H groups in total. The zero-order chi connectivity index (χ0) is 15.9. The highest BCUT2D eigenvalue weighted by Crippen LogP contribution is 2.30. The fourth-order valence-electron chi connectivity index (χ4n) is 2.28. The van der Waals surface area contributed by atoms with Crippen molar-refractivity contribution >= 4 is 6.03 Å². The van der Waals surface area contributed by atoms with E-state index < -0.39 is 0 Å². The number of para-hydroxylation sites is 2. The van der Waals surface area contributed by atoms with E-state index in [2.05, 4.69) is 15.6 Å². The van der Waals surface area contributed by atoms with Crippen molar-refractivity contribution in [3.63, 3.8) is 0 Å². The molecule has 0 saturated heterocycles. The fourth-order valence-corrected chi connectivity index (χ4v) is 2.28. The lowest BCUT2D eigenvalue weighted by atomic mass is 10.2. The number of rotatable bonds is 5. The van der Waals surface area contributed by atoms with E-state index in [0.717, 1.165) is 11.4 Å². The highest BCUT2D eigenvalue weighted by molar-refractivity contribution is 5.73. The number of hydrogen-bond acceptors (Lipinski definition) is 4. The summed E-state index contributed by atoms with van der Waals surface area (Å²) in [6.45, 7) is 1.35. The quantitative estimate of drug-likeness (QED) is 0.882. The number of ether oxygens (including phenoxy) is 2. The van der Waals surface area contributed by atoms with Crippen LogP contribution in [0.3, 0.4) is 0 Å². The molecule has 23 heavy (non-hydrogen) atoms. The van der Waals surface area contributed by atoms with Crippen LogP contribution in [0.1, 0.15) is 5.69 Å². The first kappa shape index (κ1) is 15.1. The van der Waals surface area contributed by atoms with Crippen molar-refractivity contribution in [2.45, 2.75) is 12.5 Å². The molecular weight excluding hydrogens is 294 g/mol. The zero-order valence-corrected chi connectivity index (χ0v) is 12.7. The lowest BCUT2D eigenvalue weighted by Crippen LogP contribution is -2.44. The Labute approximate surface area is 134 Å². The van der Waals surface area contributed by atoms with Gasteiger partial charge in [0.15, 0.2) is 17.6 Å². The van der Waals surface area contributed by atoms with E-state index in [1.807, 2.05) is 42.5 Å². The largest absolute Gasteiger partial charge is 0.486 e. The third-order valence-electron chi connectivity index (χ3n) is 3.45. The third-order valence-corrected chi connectivity index (χ3v) is 3.45. The molecule has 1 aromatic heterocycles. The molecule has 0 fully saturated rings. The summed E-state index contributed by atoms with van der Waals surface area (Å²) in [6, 6.07) is 13.0. The number of nitrogens with zero attached hydrogens (tertiary/aromatic N) is 1. The molecule has 0 radical (unpaired) electrons. The molecule has 0 saturated carbocycles. The van der Waals surface area contributed by atoms with Crippen molar-refractivity contribution in [3.8, 4) is 11.5 Å². The molecule has 2 heterocycles. The molecule has 0 unspecified atom stereocenters. The standard InChI is InChI=1S/C17H19N3O3/c21-17(19-10-8-13-5-3-4-9-18-13)20-11-14-12-22-15-6-1-2-7-16(15)23-14/h1-7,9,14H,8,10-12H2,(H2,19,20,21)/t14-/m0/s1. The number of amides is 2. The summed E-state index contributed by atoms with van der Waals surface area (Å²) in [6.07, 6.45) is 2.25. The minimum absolute atomic E-state index is 0.188. The number of benzene rings is 1. The number of fused-ring (bicyclic) bond motifs is 1. The topological polar surface area (TPSA) is 72.5 Å². The van der Waals surface area contributed by atoms with Crippen LogP contribution in [0.2, 0.25) is 0 Å². The van der Waals surface area contributed by atoms with Crippen molar-refractivity contribution in [2.75, 3.05) is 19.7 Å². The van der Waals surface area contributed by atoms with Gasteiger partial charge in [-0.2, -0.15) is 0 Å². The Kier molecular flexibility index (Phi) is 4.93. The maximum atomic E-state index is 11.8. The molecule has 1 atom stereocenters. The summed E-state index contributed by atoms with van der Waals surface area (Å²) < 4.78 is 11.4. The van der Waals surface area contributed by atoms with E-state index in [4.69, 9.17) is 9.47 Å². The van der Waals surface area contributed by atoms with Gasteiger partial charge in [0.1, 0.15) is 6.61 Å². The highest BCUT2D eigenvalue weighted by Gasteiger charge is 2.20. The normalized spacial score (nSPS) is 15.7. The minimum Gasteiger partial charge on any atom is -0.486 e. The summed E-state index contributed by atoms with van der Waals surface area (Å²) >= 11 is 0. The summed E-state index contributed by atoms with van der Waals surface area (Å²) in [5.74, 6) is 1.45. The number of carbonyl (C=O) groups excluding carboxylic acids is 1. The second-order valence-corrected chi connectivity index (χ2v) is 5.21. The molecule has 2 amide bonds. The molecule has 2 aromatic rings. The van der Waals surface area contributed by atoms with Crippen LogP contribution in [0.5, 0.6) is 11.5 Å². The van der Waals surface area contributed by atoms with Crippen molar-refractivity contribution in [3.05, 3.63) is 54.4 Å². The summed E-state index contributed by atoms with van der Waals surface area (Å²) in [4.78, 5) is 16.0. The first-order valence-corrected chi connectivity index (χ1v) is 7.61. The van der Waals surface area contributed by atoms with Gasteiger partial charge in [-0.1, -0.05) is 18.2 Å². The highest BCUT2D eigenvalue weighted by atomic mass is 16.6. The van der Waals surface area contributed by atoms with Crippen LogP contribution in [-0.2, 0) is 6.42 Å². The van der Waals surface area contributed by atoms with E-state index >= 15 is 0 Å². The van der Waals surface area contributed by atoms with Crippen LogP contribution < -0.4 is 20.1 Å². The van der Waals surface area contributed by atoms with Gasteiger partial charge in [0.05, 0.1) is 6.54 Å². The summed E-state index contributed by atoms with van der Waals surface area (Å²) in [5, 5.41) is 5.60. The van der Waals surface area contributed by atoms with E-state index in [-0.39, 0.29) is 12.1 Å². The number of pyridine rings is 1. The second kappa shape index (κ2) is 7.49. The molecule has 0 bridgehead atoms. The Balaban J connectivity index is 1.37. The molecule has 120 valence electrons. The number of carbonyl (C=O) groups is 1. The second-order valence-electron chi connectivity index (χ2n) is 5.21. The maximum absolute atomic E-state index is 11.8. The smallest absolute Gasteiger partial charge is 0.314 e. The molecule has 1 aliphatic heterocycles. The van der Waals surface area contributed by atoms with Gasteiger partial charge in [-0.05, 0) is 24.3 Å². The summed E-state index contributed by atoms with van der Waals surface area (Å²) in [5.41, 5.74) is 0.952. The molecule has 6 nitrogen and oxygen atoms in total. The molecule has 6 heteroatoms. The van der Waals surface area contributed by atoms with E-state index in [1.165, 1.54) is 0 Å². The van der Waals surface area contributed by atoms with Gasteiger partial charge in [0.25, 0.3) is 0 Å². The van der Waals surface area contributed by atoms with Crippen LogP contribution in [0.4, 0.5) is 4.79 Å². The lowest BCUT2D eigenvalue weighted by molar-refractivity contribution is 0.0918. The van der Waals surface area contributed by atoms with Crippen molar-refractivity contribution in [1.29, 1.82) is 0 Å². The fraction of sp³-hybridized carbons (Fsp3) is 0.294. The van der Waals surface area contributed by atoms with E-state index in [1.54, 1.807) is 6.20 Å². The Bertz CT molecular complexity index is 649. The van der Waals surface area contributed by atoms with Crippen molar-refractivity contribution < 1.29 is 14.3 Å². The monoisotopic (exact) mass is 313 g/mol. The van der Waals surface area contributed by atoms with Gasteiger partial charge in [-0.15, -0.1) is 0 Å². The van der Waals surface area contributed by atoms with Crippen LogP contribution in [0.25, 0.3) is 0 Å².